The average molecular weight is 303 g/mol. The molecule has 0 fully saturated rings. The predicted molar refractivity (Wildman–Crippen MR) is 66.1 cm³/mol. The molecule has 92 valence electrons. The number of hydrogen-bond donors (Lipinski definition) is 2. The molecule has 0 aliphatic carbocycles. The third-order valence-electron chi connectivity index (χ3n) is 2.18. The Bertz CT molecular complexity index is 450. The number of nitrogens with one attached hydrogen (secondary N) is 1. The van der Waals surface area contributed by atoms with Crippen molar-refractivity contribution in [1.29, 1.82) is 0 Å². The summed E-state index contributed by atoms with van der Waals surface area (Å²) in [6.07, 6.45) is 0. The van der Waals surface area contributed by atoms with Gasteiger partial charge in [0, 0.05) is 17.1 Å². The summed E-state index contributed by atoms with van der Waals surface area (Å²) >= 11 is 3.14. The van der Waals surface area contributed by atoms with Gasteiger partial charge in [0.25, 0.3) is 5.69 Å². The molecule has 6 nitrogen and oxygen atoms in total. The first-order chi connectivity index (χ1) is 7.91. The molecule has 0 radical (unpaired) electrons. The van der Waals surface area contributed by atoms with Crippen LogP contribution in [0.15, 0.2) is 22.7 Å². The van der Waals surface area contributed by atoms with Gasteiger partial charge < -0.3 is 10.4 Å². The highest BCUT2D eigenvalue weighted by atomic mass is 79.9. The molecule has 0 aliphatic rings. The fraction of sp³-hybridized carbons (Fsp3) is 0.300. The van der Waals surface area contributed by atoms with Crippen LogP contribution in [0.3, 0.4) is 0 Å². The minimum absolute atomic E-state index is 0.0861. The molecule has 0 saturated carbocycles. The Labute approximate surface area is 106 Å². The van der Waals surface area contributed by atoms with E-state index in [1.807, 2.05) is 0 Å². The lowest BCUT2D eigenvalue weighted by molar-refractivity contribution is -0.384. The van der Waals surface area contributed by atoms with E-state index in [4.69, 9.17) is 5.11 Å². The molecule has 0 aromatic heterocycles. The third-order valence-corrected chi connectivity index (χ3v) is 2.67. The van der Waals surface area contributed by atoms with Crippen LogP contribution in [0, 0.1) is 16.0 Å². The first-order valence-electron chi connectivity index (χ1n) is 4.82. The molecular formula is C10H11BrN2O4. The highest BCUT2D eigenvalue weighted by Crippen LogP contribution is 2.27. The predicted octanol–water partition coefficient (Wildman–Crippen LogP) is 2.49. The van der Waals surface area contributed by atoms with Gasteiger partial charge in [-0.1, -0.05) is 22.9 Å². The van der Waals surface area contributed by atoms with E-state index >= 15 is 0 Å². The molecule has 17 heavy (non-hydrogen) atoms. The number of nitro benzene ring substituents is 1. The molecule has 0 spiro atoms. The SMILES string of the molecule is CC(CNc1ccc(Br)cc1[N+](=O)[O-])C(=O)O. The van der Waals surface area contributed by atoms with Crippen LogP contribution in [0.5, 0.6) is 0 Å². The van der Waals surface area contributed by atoms with Crippen LogP contribution in [0.1, 0.15) is 6.92 Å². The maximum Gasteiger partial charge on any atom is 0.308 e. The molecule has 0 amide bonds. The smallest absolute Gasteiger partial charge is 0.308 e. The van der Waals surface area contributed by atoms with E-state index in [9.17, 15) is 14.9 Å². The Morgan fingerprint density at radius 1 is 1.65 bits per heavy atom. The average Bonchev–Trinajstić information content (AvgIpc) is 2.26. The monoisotopic (exact) mass is 302 g/mol. The van der Waals surface area contributed by atoms with E-state index in [1.54, 1.807) is 6.07 Å². The van der Waals surface area contributed by atoms with Crippen molar-refractivity contribution < 1.29 is 14.8 Å². The molecule has 2 N–H and O–H groups in total. The van der Waals surface area contributed by atoms with Crippen LogP contribution in [-0.2, 0) is 4.79 Å². The highest BCUT2D eigenvalue weighted by molar-refractivity contribution is 9.10. The second-order valence-electron chi connectivity index (χ2n) is 3.54. The molecular weight excluding hydrogens is 292 g/mol. The Balaban J connectivity index is 2.84. The highest BCUT2D eigenvalue weighted by Gasteiger charge is 2.16. The summed E-state index contributed by atoms with van der Waals surface area (Å²) in [5.41, 5.74) is 0.225. The van der Waals surface area contributed by atoms with E-state index in [1.165, 1.54) is 19.1 Å². The van der Waals surface area contributed by atoms with Gasteiger partial charge in [-0.3, -0.25) is 14.9 Å². The lowest BCUT2D eigenvalue weighted by Gasteiger charge is -2.10. The number of benzene rings is 1. The summed E-state index contributed by atoms with van der Waals surface area (Å²) in [4.78, 5) is 20.9. The molecule has 0 heterocycles. The van der Waals surface area contributed by atoms with Gasteiger partial charge in [0.1, 0.15) is 5.69 Å². The van der Waals surface area contributed by atoms with Gasteiger partial charge in [-0.05, 0) is 12.1 Å². The van der Waals surface area contributed by atoms with E-state index < -0.39 is 16.8 Å². The molecule has 1 aromatic carbocycles. The summed E-state index contributed by atoms with van der Waals surface area (Å²) in [6, 6.07) is 4.56. The Morgan fingerprint density at radius 2 is 2.29 bits per heavy atom. The fourth-order valence-corrected chi connectivity index (χ4v) is 1.50. The van der Waals surface area contributed by atoms with Gasteiger partial charge in [-0.25, -0.2) is 0 Å². The minimum Gasteiger partial charge on any atom is -0.481 e. The van der Waals surface area contributed by atoms with Crippen molar-refractivity contribution in [2.24, 2.45) is 5.92 Å². The van der Waals surface area contributed by atoms with E-state index in [2.05, 4.69) is 21.2 Å². The molecule has 7 heteroatoms. The lowest BCUT2D eigenvalue weighted by Crippen LogP contribution is -2.20. The Morgan fingerprint density at radius 3 is 2.82 bits per heavy atom. The number of rotatable bonds is 5. The maximum absolute atomic E-state index is 10.8. The second-order valence-corrected chi connectivity index (χ2v) is 4.45. The standard InChI is InChI=1S/C10H11BrN2O4/c1-6(10(14)15)5-12-8-3-2-7(11)4-9(8)13(16)17/h2-4,6,12H,5H2,1H3,(H,14,15). The zero-order valence-corrected chi connectivity index (χ0v) is 10.6. The van der Waals surface area contributed by atoms with Crippen molar-refractivity contribution in [3.05, 3.63) is 32.8 Å². The first-order valence-corrected chi connectivity index (χ1v) is 5.61. The van der Waals surface area contributed by atoms with Crippen molar-refractivity contribution in [3.63, 3.8) is 0 Å². The number of halogens is 1. The summed E-state index contributed by atoms with van der Waals surface area (Å²) in [5.74, 6) is -1.56. The van der Waals surface area contributed by atoms with Crippen LogP contribution in [-0.4, -0.2) is 22.5 Å². The second kappa shape index (κ2) is 5.62. The van der Waals surface area contributed by atoms with E-state index in [0.717, 1.165) is 0 Å². The Kier molecular flexibility index (Phi) is 4.45. The van der Waals surface area contributed by atoms with E-state index in [0.29, 0.717) is 10.2 Å². The van der Waals surface area contributed by atoms with Crippen LogP contribution in [0.4, 0.5) is 11.4 Å². The fourth-order valence-electron chi connectivity index (χ4n) is 1.16. The summed E-state index contributed by atoms with van der Waals surface area (Å²) in [6.45, 7) is 1.66. The molecule has 0 aliphatic heterocycles. The van der Waals surface area contributed by atoms with Crippen molar-refractivity contribution in [3.8, 4) is 0 Å². The van der Waals surface area contributed by atoms with Crippen molar-refractivity contribution in [2.75, 3.05) is 11.9 Å². The topological polar surface area (TPSA) is 92.5 Å². The van der Waals surface area contributed by atoms with Gasteiger partial charge in [0.2, 0.25) is 0 Å². The van der Waals surface area contributed by atoms with Gasteiger partial charge in [0.15, 0.2) is 0 Å². The number of carboxylic acid groups (broad SMARTS) is 1. The molecule has 1 rings (SSSR count). The van der Waals surface area contributed by atoms with Crippen LogP contribution < -0.4 is 5.32 Å². The molecule has 1 unspecified atom stereocenters. The van der Waals surface area contributed by atoms with Crippen LogP contribution in [0.25, 0.3) is 0 Å². The van der Waals surface area contributed by atoms with Crippen molar-refractivity contribution in [2.45, 2.75) is 6.92 Å². The number of carboxylic acids is 1. The summed E-state index contributed by atoms with van der Waals surface area (Å²) in [5, 5.41) is 22.2. The number of nitrogens with zero attached hydrogens (tertiary/aromatic N) is 1. The number of carbonyl (C=O) groups is 1. The molecule has 1 atom stereocenters. The number of anilines is 1. The minimum atomic E-state index is -0.947. The quantitative estimate of drug-likeness (QED) is 0.644. The lowest BCUT2D eigenvalue weighted by atomic mass is 10.2. The number of aliphatic carboxylic acids is 1. The summed E-state index contributed by atoms with van der Waals surface area (Å²) in [7, 11) is 0. The van der Waals surface area contributed by atoms with Crippen molar-refractivity contribution >= 4 is 33.3 Å². The van der Waals surface area contributed by atoms with E-state index in [-0.39, 0.29) is 12.2 Å². The molecule has 1 aromatic rings. The molecule has 0 saturated heterocycles. The maximum atomic E-state index is 10.8. The van der Waals surface area contributed by atoms with Gasteiger partial charge in [0.05, 0.1) is 10.8 Å². The van der Waals surface area contributed by atoms with Gasteiger partial charge >= 0.3 is 5.97 Å². The zero-order chi connectivity index (χ0) is 13.0. The van der Waals surface area contributed by atoms with Gasteiger partial charge in [-0.15, -0.1) is 0 Å². The number of hydrogen-bond acceptors (Lipinski definition) is 4. The van der Waals surface area contributed by atoms with Crippen LogP contribution >= 0.6 is 15.9 Å². The number of nitro groups is 1. The zero-order valence-electron chi connectivity index (χ0n) is 9.01. The normalized spacial score (nSPS) is 11.9. The first kappa shape index (κ1) is 13.4. The largest absolute Gasteiger partial charge is 0.481 e. The Hall–Kier alpha value is -1.63. The van der Waals surface area contributed by atoms with Crippen LogP contribution in [0.2, 0.25) is 0 Å². The molecule has 0 bridgehead atoms. The third kappa shape index (κ3) is 3.70. The van der Waals surface area contributed by atoms with Gasteiger partial charge in [-0.2, -0.15) is 0 Å². The summed E-state index contributed by atoms with van der Waals surface area (Å²) < 4.78 is 0.598. The van der Waals surface area contributed by atoms with Crippen molar-refractivity contribution in [1.82, 2.24) is 0 Å².